The molecule has 9 heteroatoms. The molecular formula is C26H26N4O4S. The Labute approximate surface area is 206 Å². The molecule has 180 valence electrons. The van der Waals surface area contributed by atoms with Crippen LogP contribution in [-0.4, -0.2) is 38.4 Å². The number of amides is 1. The standard InChI is InChI=1S/C26H26N4O4S/c1-2-21(18-10-17(12-27-13-18)20-11-23(26(32)33)35-15-20)29-25(31)16-6-7-22-19(9-16)14-28-30(22)24-5-3-4-8-34-24/h6-7,9-15,21,24H,2-5,8H2,1H3,(H,29,31)(H,32,33). The molecule has 1 fully saturated rings. The first kappa shape index (κ1) is 23.2. The van der Waals surface area contributed by atoms with Crippen LogP contribution >= 0.6 is 11.3 Å². The lowest BCUT2D eigenvalue weighted by molar-refractivity contribution is -0.0366. The van der Waals surface area contributed by atoms with E-state index in [-0.39, 0.29) is 23.1 Å². The SMILES string of the molecule is CCC(NC(=O)c1ccc2c(cnn2C2CCCCO2)c1)c1cncc(-c2csc(C(=O)O)c2)c1. The molecular weight excluding hydrogens is 464 g/mol. The molecule has 4 aromatic rings. The summed E-state index contributed by atoms with van der Waals surface area (Å²) in [5.74, 6) is -1.12. The maximum Gasteiger partial charge on any atom is 0.345 e. The molecule has 0 aliphatic carbocycles. The van der Waals surface area contributed by atoms with Gasteiger partial charge >= 0.3 is 5.97 Å². The van der Waals surface area contributed by atoms with Gasteiger partial charge in [-0.05, 0) is 72.5 Å². The highest BCUT2D eigenvalue weighted by Gasteiger charge is 2.20. The summed E-state index contributed by atoms with van der Waals surface area (Å²) in [4.78, 5) is 29.0. The summed E-state index contributed by atoms with van der Waals surface area (Å²) >= 11 is 1.18. The van der Waals surface area contributed by atoms with E-state index in [4.69, 9.17) is 4.74 Å². The molecule has 0 saturated carbocycles. The summed E-state index contributed by atoms with van der Waals surface area (Å²) in [6.45, 7) is 2.75. The molecule has 1 saturated heterocycles. The van der Waals surface area contributed by atoms with Crippen molar-refractivity contribution in [2.24, 2.45) is 0 Å². The predicted octanol–water partition coefficient (Wildman–Crippen LogP) is 5.44. The van der Waals surface area contributed by atoms with Crippen LogP contribution in [0.25, 0.3) is 22.0 Å². The van der Waals surface area contributed by atoms with Crippen LogP contribution in [0.4, 0.5) is 0 Å². The van der Waals surface area contributed by atoms with Crippen molar-refractivity contribution in [3.63, 3.8) is 0 Å². The average molecular weight is 491 g/mol. The van der Waals surface area contributed by atoms with E-state index < -0.39 is 5.97 Å². The number of carbonyl (C=O) groups is 2. The van der Waals surface area contributed by atoms with E-state index in [1.165, 1.54) is 11.3 Å². The lowest BCUT2D eigenvalue weighted by Crippen LogP contribution is -2.28. The number of ether oxygens (including phenoxy) is 1. The van der Waals surface area contributed by atoms with Gasteiger partial charge in [-0.2, -0.15) is 5.10 Å². The maximum atomic E-state index is 13.1. The number of fused-ring (bicyclic) bond motifs is 1. The first-order valence-corrected chi connectivity index (χ1v) is 12.6. The Kier molecular flexibility index (Phi) is 6.61. The van der Waals surface area contributed by atoms with Gasteiger partial charge < -0.3 is 15.2 Å². The number of thiophene rings is 1. The molecule has 1 aromatic carbocycles. The molecule has 5 rings (SSSR count). The zero-order chi connectivity index (χ0) is 24.4. The number of hydrogen-bond acceptors (Lipinski definition) is 6. The van der Waals surface area contributed by atoms with Crippen LogP contribution in [0.3, 0.4) is 0 Å². The zero-order valence-corrected chi connectivity index (χ0v) is 20.1. The van der Waals surface area contributed by atoms with Crippen molar-refractivity contribution in [2.45, 2.75) is 44.9 Å². The van der Waals surface area contributed by atoms with Crippen LogP contribution in [-0.2, 0) is 4.74 Å². The second-order valence-corrected chi connectivity index (χ2v) is 9.54. The number of benzene rings is 1. The first-order chi connectivity index (χ1) is 17.0. The fraction of sp³-hybridized carbons (Fsp3) is 0.308. The largest absolute Gasteiger partial charge is 0.477 e. The molecule has 3 aromatic heterocycles. The van der Waals surface area contributed by atoms with Crippen molar-refractivity contribution in [3.8, 4) is 11.1 Å². The number of rotatable bonds is 7. The van der Waals surface area contributed by atoms with Crippen LogP contribution < -0.4 is 5.32 Å². The Balaban J connectivity index is 1.34. The Morgan fingerprint density at radius 1 is 1.20 bits per heavy atom. The minimum atomic E-state index is -0.946. The highest BCUT2D eigenvalue weighted by atomic mass is 32.1. The third kappa shape index (κ3) is 4.82. The average Bonchev–Trinajstić information content (AvgIpc) is 3.55. The van der Waals surface area contributed by atoms with Crippen molar-refractivity contribution in [1.29, 1.82) is 0 Å². The van der Waals surface area contributed by atoms with Crippen molar-refractivity contribution in [3.05, 3.63) is 70.3 Å². The summed E-state index contributed by atoms with van der Waals surface area (Å²) in [5.41, 5.74) is 4.00. The summed E-state index contributed by atoms with van der Waals surface area (Å²) in [5, 5.41) is 19.5. The van der Waals surface area contributed by atoms with Gasteiger partial charge in [-0.15, -0.1) is 11.3 Å². The number of carbonyl (C=O) groups excluding carboxylic acids is 1. The molecule has 1 aliphatic rings. The predicted molar refractivity (Wildman–Crippen MR) is 134 cm³/mol. The van der Waals surface area contributed by atoms with Gasteiger partial charge in [-0.3, -0.25) is 9.78 Å². The Morgan fingerprint density at radius 3 is 2.83 bits per heavy atom. The smallest absolute Gasteiger partial charge is 0.345 e. The van der Waals surface area contributed by atoms with Gasteiger partial charge in [0, 0.05) is 35.5 Å². The van der Waals surface area contributed by atoms with Crippen molar-refractivity contribution >= 4 is 34.1 Å². The highest BCUT2D eigenvalue weighted by Crippen LogP contribution is 2.29. The summed E-state index contributed by atoms with van der Waals surface area (Å²) in [6, 6.07) is 8.96. The van der Waals surface area contributed by atoms with Crippen molar-refractivity contribution in [2.75, 3.05) is 6.61 Å². The van der Waals surface area contributed by atoms with Gasteiger partial charge in [0.05, 0.1) is 17.8 Å². The number of hydrogen-bond donors (Lipinski definition) is 2. The molecule has 2 unspecified atom stereocenters. The monoisotopic (exact) mass is 490 g/mol. The molecule has 2 atom stereocenters. The molecule has 2 N–H and O–H groups in total. The van der Waals surface area contributed by atoms with Crippen LogP contribution in [0, 0.1) is 0 Å². The highest BCUT2D eigenvalue weighted by molar-refractivity contribution is 7.12. The van der Waals surface area contributed by atoms with Crippen LogP contribution in [0.5, 0.6) is 0 Å². The van der Waals surface area contributed by atoms with Crippen molar-refractivity contribution in [1.82, 2.24) is 20.1 Å². The molecule has 1 amide bonds. The minimum Gasteiger partial charge on any atom is -0.477 e. The van der Waals surface area contributed by atoms with E-state index >= 15 is 0 Å². The first-order valence-electron chi connectivity index (χ1n) is 11.7. The number of nitrogens with zero attached hydrogens (tertiary/aromatic N) is 3. The number of aromatic carboxylic acids is 1. The number of nitrogens with one attached hydrogen (secondary N) is 1. The number of carboxylic acid groups (broad SMARTS) is 1. The molecule has 0 spiro atoms. The van der Waals surface area contributed by atoms with Gasteiger partial charge in [-0.1, -0.05) is 6.92 Å². The van der Waals surface area contributed by atoms with Crippen LogP contribution in [0.2, 0.25) is 0 Å². The maximum absolute atomic E-state index is 13.1. The Morgan fingerprint density at radius 2 is 2.09 bits per heavy atom. The molecule has 1 aliphatic heterocycles. The molecule has 35 heavy (non-hydrogen) atoms. The van der Waals surface area contributed by atoms with E-state index in [0.29, 0.717) is 12.0 Å². The van der Waals surface area contributed by atoms with Gasteiger partial charge in [0.15, 0.2) is 6.23 Å². The quantitative estimate of drug-likeness (QED) is 0.357. The van der Waals surface area contributed by atoms with E-state index in [2.05, 4.69) is 15.4 Å². The lowest BCUT2D eigenvalue weighted by Gasteiger charge is -2.23. The molecule has 0 bridgehead atoms. The molecule has 4 heterocycles. The second kappa shape index (κ2) is 9.97. The third-order valence-corrected chi connectivity index (χ3v) is 7.22. The number of pyridine rings is 1. The Bertz CT molecular complexity index is 1370. The topological polar surface area (TPSA) is 106 Å². The summed E-state index contributed by atoms with van der Waals surface area (Å²) in [7, 11) is 0. The summed E-state index contributed by atoms with van der Waals surface area (Å²) in [6.07, 6.45) is 8.98. The summed E-state index contributed by atoms with van der Waals surface area (Å²) < 4.78 is 7.77. The Hall–Kier alpha value is -3.56. The normalized spacial score (nSPS) is 16.8. The van der Waals surface area contributed by atoms with Gasteiger partial charge in [0.1, 0.15) is 4.88 Å². The van der Waals surface area contributed by atoms with E-state index in [1.807, 2.05) is 35.9 Å². The van der Waals surface area contributed by atoms with E-state index in [9.17, 15) is 14.7 Å². The fourth-order valence-electron chi connectivity index (χ4n) is 4.41. The molecule has 0 radical (unpaired) electrons. The lowest BCUT2D eigenvalue weighted by atomic mass is 10.0. The van der Waals surface area contributed by atoms with Crippen LogP contribution in [0.1, 0.15) is 70.5 Å². The molecule has 8 nitrogen and oxygen atoms in total. The number of carboxylic acids is 1. The number of aromatic nitrogens is 3. The van der Waals surface area contributed by atoms with E-state index in [0.717, 1.165) is 53.5 Å². The van der Waals surface area contributed by atoms with Gasteiger partial charge in [0.25, 0.3) is 5.91 Å². The third-order valence-electron chi connectivity index (χ3n) is 6.31. The van der Waals surface area contributed by atoms with Gasteiger partial charge in [-0.25, -0.2) is 9.48 Å². The fourth-order valence-corrected chi connectivity index (χ4v) is 5.16. The van der Waals surface area contributed by atoms with Crippen molar-refractivity contribution < 1.29 is 19.4 Å². The second-order valence-electron chi connectivity index (χ2n) is 8.63. The van der Waals surface area contributed by atoms with E-state index in [1.54, 1.807) is 30.0 Å². The minimum absolute atomic E-state index is 0.0556. The van der Waals surface area contributed by atoms with Gasteiger partial charge in [0.2, 0.25) is 0 Å². The zero-order valence-electron chi connectivity index (χ0n) is 19.3. The van der Waals surface area contributed by atoms with Crippen LogP contribution in [0.15, 0.2) is 54.3 Å².